The van der Waals surface area contributed by atoms with E-state index in [1.807, 2.05) is 29.6 Å². The highest BCUT2D eigenvalue weighted by Gasteiger charge is 2.07. The van der Waals surface area contributed by atoms with E-state index in [1.54, 1.807) is 31.6 Å². The molecule has 5 nitrogen and oxygen atoms in total. The lowest BCUT2D eigenvalue weighted by Crippen LogP contribution is -2.00. The number of hydrogen-bond donors (Lipinski definition) is 0. The van der Waals surface area contributed by atoms with E-state index in [9.17, 15) is 4.79 Å². The first-order valence-corrected chi connectivity index (χ1v) is 8.10. The predicted octanol–water partition coefficient (Wildman–Crippen LogP) is 4.17. The molecule has 6 heteroatoms. The van der Waals surface area contributed by atoms with E-state index in [4.69, 9.17) is 13.9 Å². The Bertz CT molecular complexity index is 819. The molecule has 0 bridgehead atoms. The van der Waals surface area contributed by atoms with Gasteiger partial charge in [-0.1, -0.05) is 0 Å². The zero-order chi connectivity index (χ0) is 16.8. The normalized spacial score (nSPS) is 10.9. The summed E-state index contributed by atoms with van der Waals surface area (Å²) in [6.07, 6.45) is 4.43. The SMILES string of the molecule is COc1ccc(-c2nc(COC(=O)/C=C/c3ccco3)cs2)cc1. The summed E-state index contributed by atoms with van der Waals surface area (Å²) in [6, 6.07) is 11.2. The molecule has 0 saturated heterocycles. The van der Waals surface area contributed by atoms with Crippen LogP contribution >= 0.6 is 11.3 Å². The van der Waals surface area contributed by atoms with Gasteiger partial charge in [-0.15, -0.1) is 11.3 Å². The highest BCUT2D eigenvalue weighted by Crippen LogP contribution is 2.25. The van der Waals surface area contributed by atoms with Crippen LogP contribution in [0.15, 0.2) is 58.5 Å². The summed E-state index contributed by atoms with van der Waals surface area (Å²) in [5.74, 6) is 0.959. The summed E-state index contributed by atoms with van der Waals surface area (Å²) in [4.78, 5) is 16.1. The monoisotopic (exact) mass is 341 g/mol. The van der Waals surface area contributed by atoms with Crippen LogP contribution in [-0.4, -0.2) is 18.1 Å². The maximum Gasteiger partial charge on any atom is 0.331 e. The van der Waals surface area contributed by atoms with Crippen LogP contribution in [0.1, 0.15) is 11.5 Å². The highest BCUT2D eigenvalue weighted by molar-refractivity contribution is 7.13. The van der Waals surface area contributed by atoms with Crippen LogP contribution in [0.4, 0.5) is 0 Å². The number of rotatable bonds is 6. The third-order valence-corrected chi connectivity index (χ3v) is 4.12. The molecule has 0 fully saturated rings. The van der Waals surface area contributed by atoms with Crippen molar-refractivity contribution in [2.24, 2.45) is 0 Å². The molecule has 2 aromatic heterocycles. The third kappa shape index (κ3) is 4.11. The average molecular weight is 341 g/mol. The summed E-state index contributed by atoms with van der Waals surface area (Å²) in [6.45, 7) is 0.133. The van der Waals surface area contributed by atoms with Crippen LogP contribution in [-0.2, 0) is 16.1 Å². The molecule has 122 valence electrons. The molecule has 0 saturated carbocycles. The number of aromatic nitrogens is 1. The molecule has 0 amide bonds. The molecule has 0 aliphatic heterocycles. The van der Waals surface area contributed by atoms with Gasteiger partial charge in [0.25, 0.3) is 0 Å². The molecule has 0 spiro atoms. The Balaban J connectivity index is 1.56. The van der Waals surface area contributed by atoms with Gasteiger partial charge < -0.3 is 13.9 Å². The molecule has 3 rings (SSSR count). The van der Waals surface area contributed by atoms with Crippen LogP contribution < -0.4 is 4.74 Å². The largest absolute Gasteiger partial charge is 0.497 e. The zero-order valence-corrected chi connectivity index (χ0v) is 13.8. The van der Waals surface area contributed by atoms with Crippen LogP contribution in [0.2, 0.25) is 0 Å². The quantitative estimate of drug-likeness (QED) is 0.497. The Labute approximate surface area is 143 Å². The van der Waals surface area contributed by atoms with Crippen LogP contribution in [0.5, 0.6) is 5.75 Å². The molecule has 24 heavy (non-hydrogen) atoms. The molecule has 0 aliphatic rings. The second-order valence-corrected chi connectivity index (χ2v) is 5.69. The zero-order valence-electron chi connectivity index (χ0n) is 13.0. The van der Waals surface area contributed by atoms with Crippen molar-refractivity contribution >= 4 is 23.4 Å². The van der Waals surface area contributed by atoms with Crippen molar-refractivity contribution < 1.29 is 18.7 Å². The number of benzene rings is 1. The number of ether oxygens (including phenoxy) is 2. The van der Waals surface area contributed by atoms with Crippen LogP contribution in [0.25, 0.3) is 16.6 Å². The van der Waals surface area contributed by atoms with Crippen molar-refractivity contribution in [1.82, 2.24) is 4.98 Å². The van der Waals surface area contributed by atoms with E-state index >= 15 is 0 Å². The molecule has 3 aromatic rings. The fourth-order valence-corrected chi connectivity index (χ4v) is 2.78. The number of hydrogen-bond acceptors (Lipinski definition) is 6. The molecule has 0 radical (unpaired) electrons. The number of methoxy groups -OCH3 is 1. The molecular formula is C18H15NO4S. The summed E-state index contributed by atoms with van der Waals surface area (Å²) in [5, 5.41) is 2.75. The Morgan fingerprint density at radius 2 is 2.12 bits per heavy atom. The van der Waals surface area contributed by atoms with E-state index in [1.165, 1.54) is 17.4 Å². The molecule has 1 aromatic carbocycles. The average Bonchev–Trinajstić information content (AvgIpc) is 3.30. The minimum Gasteiger partial charge on any atom is -0.497 e. The van der Waals surface area contributed by atoms with E-state index < -0.39 is 5.97 Å². The molecule has 0 N–H and O–H groups in total. The van der Waals surface area contributed by atoms with Gasteiger partial charge in [-0.3, -0.25) is 0 Å². The second-order valence-electron chi connectivity index (χ2n) is 4.83. The third-order valence-electron chi connectivity index (χ3n) is 3.18. The maximum absolute atomic E-state index is 11.7. The van der Waals surface area contributed by atoms with Crippen molar-refractivity contribution in [3.63, 3.8) is 0 Å². The summed E-state index contributed by atoms with van der Waals surface area (Å²) >= 11 is 1.50. The summed E-state index contributed by atoms with van der Waals surface area (Å²) < 4.78 is 15.4. The summed E-state index contributed by atoms with van der Waals surface area (Å²) in [7, 11) is 1.63. The lowest BCUT2D eigenvalue weighted by molar-refractivity contribution is -0.139. The first-order valence-electron chi connectivity index (χ1n) is 7.22. The lowest BCUT2D eigenvalue weighted by Gasteiger charge is -2.00. The number of furan rings is 1. The minimum atomic E-state index is -0.439. The molecule has 2 heterocycles. The van der Waals surface area contributed by atoms with Crippen molar-refractivity contribution in [3.05, 3.63) is 65.6 Å². The van der Waals surface area contributed by atoms with Crippen molar-refractivity contribution in [2.45, 2.75) is 6.61 Å². The topological polar surface area (TPSA) is 61.6 Å². The molecule has 0 aliphatic carbocycles. The summed E-state index contributed by atoms with van der Waals surface area (Å²) in [5.41, 5.74) is 1.71. The molecule has 0 unspecified atom stereocenters. The molecule has 0 atom stereocenters. The Hall–Kier alpha value is -2.86. The fourth-order valence-electron chi connectivity index (χ4n) is 1.97. The van der Waals surface area contributed by atoms with E-state index in [-0.39, 0.29) is 6.61 Å². The van der Waals surface area contributed by atoms with Crippen molar-refractivity contribution in [2.75, 3.05) is 7.11 Å². The Morgan fingerprint density at radius 1 is 1.29 bits per heavy atom. The smallest absolute Gasteiger partial charge is 0.331 e. The second kappa shape index (κ2) is 7.61. The van der Waals surface area contributed by atoms with Gasteiger partial charge in [0.05, 0.1) is 19.1 Å². The minimum absolute atomic E-state index is 0.133. The van der Waals surface area contributed by atoms with Gasteiger partial charge in [-0.2, -0.15) is 0 Å². The number of nitrogens with zero attached hydrogens (tertiary/aromatic N) is 1. The fraction of sp³-hybridized carbons (Fsp3) is 0.111. The Kier molecular flexibility index (Phi) is 5.08. The van der Waals surface area contributed by atoms with Gasteiger partial charge in [0.2, 0.25) is 0 Å². The molecular weight excluding hydrogens is 326 g/mol. The first kappa shape index (κ1) is 16.0. The number of carbonyl (C=O) groups excluding carboxylic acids is 1. The van der Waals surface area contributed by atoms with Gasteiger partial charge in [-0.05, 0) is 42.5 Å². The van der Waals surface area contributed by atoms with E-state index in [0.29, 0.717) is 11.5 Å². The van der Waals surface area contributed by atoms with Crippen molar-refractivity contribution in [1.29, 1.82) is 0 Å². The van der Waals surface area contributed by atoms with Gasteiger partial charge in [0, 0.05) is 17.0 Å². The number of carbonyl (C=O) groups is 1. The standard InChI is InChI=1S/C18H15NO4S/c1-21-15-6-4-13(5-7-15)18-19-14(12-24-18)11-23-17(20)9-8-16-3-2-10-22-16/h2-10,12H,11H2,1H3/b9-8+. The van der Waals surface area contributed by atoms with Gasteiger partial charge >= 0.3 is 5.97 Å². The Morgan fingerprint density at radius 3 is 2.83 bits per heavy atom. The van der Waals surface area contributed by atoms with Gasteiger partial charge in [0.1, 0.15) is 23.1 Å². The van der Waals surface area contributed by atoms with E-state index in [2.05, 4.69) is 4.98 Å². The van der Waals surface area contributed by atoms with Crippen LogP contribution in [0.3, 0.4) is 0 Å². The number of thiazole rings is 1. The van der Waals surface area contributed by atoms with Gasteiger partial charge in [-0.25, -0.2) is 9.78 Å². The maximum atomic E-state index is 11.7. The predicted molar refractivity (Wildman–Crippen MR) is 91.6 cm³/mol. The van der Waals surface area contributed by atoms with Crippen LogP contribution in [0, 0.1) is 0 Å². The first-order chi connectivity index (χ1) is 11.7. The van der Waals surface area contributed by atoms with Crippen molar-refractivity contribution in [3.8, 4) is 16.3 Å². The lowest BCUT2D eigenvalue weighted by atomic mass is 10.2. The van der Waals surface area contributed by atoms with Gasteiger partial charge in [0.15, 0.2) is 0 Å². The highest BCUT2D eigenvalue weighted by atomic mass is 32.1. The van der Waals surface area contributed by atoms with E-state index in [0.717, 1.165) is 16.3 Å². The number of esters is 1.